The van der Waals surface area contributed by atoms with Gasteiger partial charge in [-0.25, -0.2) is 4.79 Å². The molecule has 0 saturated carbocycles. The Labute approximate surface area is 97.0 Å². The Morgan fingerprint density at radius 1 is 1.50 bits per heavy atom. The third-order valence-corrected chi connectivity index (χ3v) is 3.26. The predicted molar refractivity (Wildman–Crippen MR) is 63.0 cm³/mol. The second-order valence-corrected chi connectivity index (χ2v) is 4.80. The third kappa shape index (κ3) is 3.64. The van der Waals surface area contributed by atoms with E-state index in [-0.39, 0.29) is 18.7 Å². The average molecular weight is 229 g/mol. The third-order valence-electron chi connectivity index (χ3n) is 3.26. The molecule has 0 spiro atoms. The van der Waals surface area contributed by atoms with Crippen molar-refractivity contribution in [3.8, 4) is 0 Å². The van der Waals surface area contributed by atoms with E-state index in [2.05, 4.69) is 19.2 Å². The first-order valence-corrected chi connectivity index (χ1v) is 5.96. The Morgan fingerprint density at radius 3 is 2.44 bits per heavy atom. The first-order valence-electron chi connectivity index (χ1n) is 5.96. The van der Waals surface area contributed by atoms with Crippen molar-refractivity contribution in [3.05, 3.63) is 0 Å². The molecular weight excluding hydrogens is 206 g/mol. The molecule has 5 heteroatoms. The van der Waals surface area contributed by atoms with E-state index in [9.17, 15) is 9.90 Å². The van der Waals surface area contributed by atoms with Crippen molar-refractivity contribution in [2.45, 2.75) is 38.8 Å². The second kappa shape index (κ2) is 6.06. The van der Waals surface area contributed by atoms with Gasteiger partial charge in [-0.05, 0) is 18.8 Å². The first kappa shape index (κ1) is 13.3. The topological polar surface area (TPSA) is 78.6 Å². The van der Waals surface area contributed by atoms with Gasteiger partial charge in [0.15, 0.2) is 0 Å². The summed E-state index contributed by atoms with van der Waals surface area (Å²) in [6.07, 6.45) is 1.82. The van der Waals surface area contributed by atoms with Gasteiger partial charge in [-0.1, -0.05) is 13.8 Å². The van der Waals surface area contributed by atoms with Crippen LogP contribution in [-0.2, 0) is 0 Å². The van der Waals surface area contributed by atoms with Gasteiger partial charge in [0.25, 0.3) is 0 Å². The van der Waals surface area contributed by atoms with Crippen LogP contribution in [0.4, 0.5) is 4.79 Å². The molecule has 0 aromatic heterocycles. The van der Waals surface area contributed by atoms with Crippen LogP contribution < -0.4 is 11.1 Å². The van der Waals surface area contributed by atoms with Gasteiger partial charge in [-0.15, -0.1) is 0 Å². The number of primary amides is 1. The number of likely N-dealkylation sites (tertiary alicyclic amines) is 1. The van der Waals surface area contributed by atoms with E-state index in [0.717, 1.165) is 12.8 Å². The number of nitrogens with zero attached hydrogens (tertiary/aromatic N) is 1. The van der Waals surface area contributed by atoms with Crippen molar-refractivity contribution < 1.29 is 9.90 Å². The highest BCUT2D eigenvalue weighted by Crippen LogP contribution is 2.12. The molecule has 1 atom stereocenters. The zero-order chi connectivity index (χ0) is 12.1. The minimum absolute atomic E-state index is 0.144. The molecule has 1 aliphatic rings. The largest absolute Gasteiger partial charge is 0.395 e. The summed E-state index contributed by atoms with van der Waals surface area (Å²) in [5.74, 6) is 0.416. The van der Waals surface area contributed by atoms with Crippen LogP contribution in [0, 0.1) is 5.92 Å². The molecule has 4 N–H and O–H groups in total. The Bertz CT molecular complexity index is 225. The lowest BCUT2D eigenvalue weighted by Crippen LogP contribution is -2.51. The van der Waals surface area contributed by atoms with E-state index < -0.39 is 0 Å². The van der Waals surface area contributed by atoms with Crippen LogP contribution >= 0.6 is 0 Å². The molecule has 94 valence electrons. The van der Waals surface area contributed by atoms with Gasteiger partial charge in [0.1, 0.15) is 0 Å². The van der Waals surface area contributed by atoms with Gasteiger partial charge in [-0.3, -0.25) is 0 Å². The Balaban J connectivity index is 2.33. The summed E-state index contributed by atoms with van der Waals surface area (Å²) in [7, 11) is 0. The molecule has 16 heavy (non-hydrogen) atoms. The number of nitrogens with two attached hydrogens (primary N) is 1. The van der Waals surface area contributed by atoms with Gasteiger partial charge in [0.2, 0.25) is 0 Å². The molecule has 1 rings (SSSR count). The summed E-state index contributed by atoms with van der Waals surface area (Å²) in [6.45, 7) is 5.76. The van der Waals surface area contributed by atoms with Crippen LogP contribution in [0.3, 0.4) is 0 Å². The molecule has 2 amide bonds. The molecule has 1 aliphatic heterocycles. The number of hydrogen-bond donors (Lipinski definition) is 3. The number of urea groups is 1. The summed E-state index contributed by atoms with van der Waals surface area (Å²) in [4.78, 5) is 12.6. The molecule has 5 nitrogen and oxygen atoms in total. The van der Waals surface area contributed by atoms with Crippen LogP contribution in [0.15, 0.2) is 0 Å². The lowest BCUT2D eigenvalue weighted by molar-refractivity contribution is 0.160. The number of piperidine rings is 1. The number of amides is 2. The maximum absolute atomic E-state index is 10.9. The van der Waals surface area contributed by atoms with Crippen LogP contribution in [0.25, 0.3) is 0 Å². The number of nitrogens with one attached hydrogen (secondary N) is 1. The normalized spacial score (nSPS) is 20.1. The Kier molecular flexibility index (Phi) is 5.02. The van der Waals surface area contributed by atoms with E-state index in [1.807, 2.05) is 0 Å². The number of carbonyl (C=O) groups excluding carboxylic acids is 1. The Morgan fingerprint density at radius 2 is 2.06 bits per heavy atom. The average Bonchev–Trinajstić information content (AvgIpc) is 2.26. The number of carbonyl (C=O) groups is 1. The van der Waals surface area contributed by atoms with Gasteiger partial charge in [0.05, 0.1) is 6.61 Å². The highest BCUT2D eigenvalue weighted by Gasteiger charge is 2.23. The van der Waals surface area contributed by atoms with Crippen LogP contribution in [-0.4, -0.2) is 47.8 Å². The Hall–Kier alpha value is -0.810. The summed E-state index contributed by atoms with van der Waals surface area (Å²) in [6, 6.07) is 0.196. The summed E-state index contributed by atoms with van der Waals surface area (Å²) < 4.78 is 0. The number of aliphatic hydroxyl groups is 1. The second-order valence-electron chi connectivity index (χ2n) is 4.80. The molecule has 0 aliphatic carbocycles. The van der Waals surface area contributed by atoms with Gasteiger partial charge < -0.3 is 21.1 Å². The molecule has 0 unspecified atom stereocenters. The SMILES string of the molecule is CC(C)[C@@H](CO)NC1CCN(C(N)=O)CC1. The van der Waals surface area contributed by atoms with E-state index in [1.54, 1.807) is 4.90 Å². The fourth-order valence-corrected chi connectivity index (χ4v) is 2.03. The molecule has 0 bridgehead atoms. The van der Waals surface area contributed by atoms with E-state index in [1.165, 1.54) is 0 Å². The van der Waals surface area contributed by atoms with Gasteiger partial charge in [-0.2, -0.15) is 0 Å². The van der Waals surface area contributed by atoms with Crippen molar-refractivity contribution in [3.63, 3.8) is 0 Å². The van der Waals surface area contributed by atoms with Gasteiger partial charge in [0, 0.05) is 25.2 Å². The maximum atomic E-state index is 10.9. The van der Waals surface area contributed by atoms with Crippen molar-refractivity contribution in [1.82, 2.24) is 10.2 Å². The van der Waals surface area contributed by atoms with Crippen LogP contribution in [0.2, 0.25) is 0 Å². The highest BCUT2D eigenvalue weighted by molar-refractivity contribution is 5.72. The molecule has 1 fully saturated rings. The van der Waals surface area contributed by atoms with E-state index >= 15 is 0 Å². The van der Waals surface area contributed by atoms with Crippen molar-refractivity contribution >= 4 is 6.03 Å². The zero-order valence-electron chi connectivity index (χ0n) is 10.1. The fraction of sp³-hybridized carbons (Fsp3) is 0.909. The van der Waals surface area contributed by atoms with E-state index in [0.29, 0.717) is 25.0 Å². The smallest absolute Gasteiger partial charge is 0.314 e. The van der Waals surface area contributed by atoms with Gasteiger partial charge >= 0.3 is 6.03 Å². The minimum Gasteiger partial charge on any atom is -0.395 e. The number of hydrogen-bond acceptors (Lipinski definition) is 3. The minimum atomic E-state index is -0.332. The summed E-state index contributed by atoms with van der Waals surface area (Å²) >= 11 is 0. The summed E-state index contributed by atoms with van der Waals surface area (Å²) in [5, 5.41) is 12.7. The molecule has 1 heterocycles. The molecule has 0 radical (unpaired) electrons. The quantitative estimate of drug-likeness (QED) is 0.641. The lowest BCUT2D eigenvalue weighted by atomic mass is 10.00. The lowest BCUT2D eigenvalue weighted by Gasteiger charge is -2.34. The first-order chi connectivity index (χ1) is 7.54. The van der Waals surface area contributed by atoms with Crippen LogP contribution in [0.5, 0.6) is 0 Å². The highest BCUT2D eigenvalue weighted by atomic mass is 16.3. The van der Waals surface area contributed by atoms with E-state index in [4.69, 9.17) is 5.73 Å². The summed E-state index contributed by atoms with van der Waals surface area (Å²) in [5.41, 5.74) is 5.21. The number of aliphatic hydroxyl groups excluding tert-OH is 1. The predicted octanol–water partition coefficient (Wildman–Crippen LogP) is 0.136. The standard InChI is InChI=1S/C11H23N3O2/c1-8(2)10(7-15)13-9-3-5-14(6-4-9)11(12)16/h8-10,13,15H,3-7H2,1-2H3,(H2,12,16)/t10-/m1/s1. The maximum Gasteiger partial charge on any atom is 0.314 e. The molecule has 0 aromatic rings. The van der Waals surface area contributed by atoms with Crippen LogP contribution in [0.1, 0.15) is 26.7 Å². The molecule has 0 aromatic carbocycles. The van der Waals surface area contributed by atoms with Crippen molar-refractivity contribution in [1.29, 1.82) is 0 Å². The molecule has 1 saturated heterocycles. The number of rotatable bonds is 4. The fourth-order valence-electron chi connectivity index (χ4n) is 2.03. The van der Waals surface area contributed by atoms with Crippen molar-refractivity contribution in [2.75, 3.05) is 19.7 Å². The van der Waals surface area contributed by atoms with Crippen molar-refractivity contribution in [2.24, 2.45) is 11.7 Å². The monoisotopic (exact) mass is 229 g/mol. The molecular formula is C11H23N3O2. The zero-order valence-corrected chi connectivity index (χ0v) is 10.1.